The molecule has 0 aliphatic heterocycles. The molecule has 0 saturated carbocycles. The second-order valence-electron chi connectivity index (χ2n) is 4.86. The average Bonchev–Trinajstić information content (AvgIpc) is 2.53. The van der Waals surface area contributed by atoms with Crippen LogP contribution < -0.4 is 0 Å². The fourth-order valence-corrected chi connectivity index (χ4v) is 5.34. The van der Waals surface area contributed by atoms with Gasteiger partial charge in [-0.1, -0.05) is 36.5 Å². The first-order valence-electron chi connectivity index (χ1n) is 7.58. The number of rotatable bonds is 15. The van der Waals surface area contributed by atoms with Crippen LogP contribution in [0.25, 0.3) is 0 Å². The van der Waals surface area contributed by atoms with Gasteiger partial charge in [0.1, 0.15) is 0 Å². The topological polar surface area (TPSA) is 26.8 Å². The lowest BCUT2D eigenvalue weighted by molar-refractivity contribution is 0.319. The highest BCUT2D eigenvalue weighted by Crippen LogP contribution is 2.56. The lowest BCUT2D eigenvalue weighted by Crippen LogP contribution is -2.41. The fourth-order valence-electron chi connectivity index (χ4n) is 2.29. The van der Waals surface area contributed by atoms with E-state index in [0.717, 1.165) is 0 Å². The molecule has 0 bridgehead atoms. The second-order valence-corrected chi connectivity index (χ2v) is 7.58. The highest BCUT2D eigenvalue weighted by atomic mass is 31.2. The molecule has 0 aromatic rings. The molecular formula is C18H30N3OP. The molecule has 0 amide bonds. The van der Waals surface area contributed by atoms with Crippen LogP contribution in [0.1, 0.15) is 0 Å². The normalized spacial score (nSPS) is 11.4. The molecule has 4 nitrogen and oxygen atoms in total. The molecule has 0 spiro atoms. The third-order valence-corrected chi connectivity index (χ3v) is 6.33. The quantitative estimate of drug-likeness (QED) is 0.332. The van der Waals surface area contributed by atoms with Gasteiger partial charge in [-0.2, -0.15) is 0 Å². The summed E-state index contributed by atoms with van der Waals surface area (Å²) in [5, 5.41) is 0. The Kier molecular flexibility index (Phi) is 11.3. The Balaban J connectivity index is 6.07. The molecule has 128 valence electrons. The first-order chi connectivity index (χ1) is 11.1. The molecule has 0 aromatic carbocycles. The zero-order chi connectivity index (χ0) is 17.7. The van der Waals surface area contributed by atoms with E-state index in [9.17, 15) is 4.57 Å². The van der Waals surface area contributed by atoms with E-state index in [2.05, 4.69) is 39.5 Å². The van der Waals surface area contributed by atoms with Crippen molar-refractivity contribution < 1.29 is 4.57 Å². The summed E-state index contributed by atoms with van der Waals surface area (Å²) in [5.74, 6) is 0. The molecule has 0 fully saturated rings. The predicted octanol–water partition coefficient (Wildman–Crippen LogP) is 4.12. The van der Waals surface area contributed by atoms with Crippen molar-refractivity contribution in [1.82, 2.24) is 14.0 Å². The monoisotopic (exact) mass is 335 g/mol. The minimum atomic E-state index is -3.08. The Labute approximate surface area is 142 Å². The molecule has 0 aliphatic rings. The van der Waals surface area contributed by atoms with Gasteiger partial charge in [-0.05, 0) is 0 Å². The second kappa shape index (κ2) is 12.0. The third-order valence-electron chi connectivity index (χ3n) is 3.14. The first kappa shape index (κ1) is 21.6. The first-order valence-corrected chi connectivity index (χ1v) is 9.14. The van der Waals surface area contributed by atoms with Crippen LogP contribution in [0.15, 0.2) is 75.9 Å². The van der Waals surface area contributed by atoms with Gasteiger partial charge < -0.3 is 0 Å². The minimum Gasteiger partial charge on any atom is -0.270 e. The zero-order valence-corrected chi connectivity index (χ0v) is 15.0. The SMILES string of the molecule is C=CCN(CC=C)P(=O)(N(CC=C)CC=C)N(CC=C)CC=C. The van der Waals surface area contributed by atoms with Crippen LogP contribution in [0.4, 0.5) is 0 Å². The van der Waals surface area contributed by atoms with Crippen LogP contribution in [0, 0.1) is 0 Å². The van der Waals surface area contributed by atoms with E-state index in [1.165, 1.54) is 0 Å². The maximum absolute atomic E-state index is 14.1. The summed E-state index contributed by atoms with van der Waals surface area (Å²) in [7, 11) is -3.08. The highest BCUT2D eigenvalue weighted by molar-refractivity contribution is 7.56. The molecule has 0 atom stereocenters. The van der Waals surface area contributed by atoms with E-state index in [1.807, 2.05) is 14.0 Å². The Hall–Kier alpha value is -1.45. The van der Waals surface area contributed by atoms with Gasteiger partial charge in [0.2, 0.25) is 0 Å². The highest BCUT2D eigenvalue weighted by Gasteiger charge is 2.40. The Morgan fingerprint density at radius 1 is 0.522 bits per heavy atom. The molecule has 0 N–H and O–H groups in total. The molecule has 5 heteroatoms. The minimum absolute atomic E-state index is 0.485. The van der Waals surface area contributed by atoms with Crippen molar-refractivity contribution >= 4 is 7.59 Å². The van der Waals surface area contributed by atoms with Crippen molar-refractivity contribution in [2.75, 3.05) is 39.3 Å². The van der Waals surface area contributed by atoms with Gasteiger partial charge in [-0.25, -0.2) is 14.0 Å². The van der Waals surface area contributed by atoms with Crippen molar-refractivity contribution in [2.24, 2.45) is 0 Å². The number of hydrogen-bond acceptors (Lipinski definition) is 1. The van der Waals surface area contributed by atoms with Gasteiger partial charge in [0.25, 0.3) is 7.59 Å². The summed E-state index contributed by atoms with van der Waals surface area (Å²) in [6.07, 6.45) is 10.5. The van der Waals surface area contributed by atoms with E-state index in [0.29, 0.717) is 39.3 Å². The smallest absolute Gasteiger partial charge is 0.270 e. The maximum Gasteiger partial charge on any atom is 0.288 e. The van der Waals surface area contributed by atoms with Gasteiger partial charge in [-0.3, -0.25) is 4.57 Å². The van der Waals surface area contributed by atoms with E-state index in [4.69, 9.17) is 0 Å². The van der Waals surface area contributed by atoms with Gasteiger partial charge in [0.15, 0.2) is 0 Å². The summed E-state index contributed by atoms with van der Waals surface area (Å²) >= 11 is 0. The molecule has 23 heavy (non-hydrogen) atoms. The van der Waals surface area contributed by atoms with Gasteiger partial charge in [-0.15, -0.1) is 39.5 Å². The summed E-state index contributed by atoms with van der Waals surface area (Å²) in [5.41, 5.74) is 0. The van der Waals surface area contributed by atoms with Crippen LogP contribution in [0.5, 0.6) is 0 Å². The van der Waals surface area contributed by atoms with Gasteiger partial charge in [0.05, 0.1) is 0 Å². The van der Waals surface area contributed by atoms with Gasteiger partial charge >= 0.3 is 0 Å². The lowest BCUT2D eigenvalue weighted by Gasteiger charge is -2.43. The van der Waals surface area contributed by atoms with E-state index >= 15 is 0 Å². The summed E-state index contributed by atoms with van der Waals surface area (Å²) < 4.78 is 19.8. The summed E-state index contributed by atoms with van der Waals surface area (Å²) in [6, 6.07) is 0. The van der Waals surface area contributed by atoms with E-state index in [-0.39, 0.29) is 0 Å². The Morgan fingerprint density at radius 3 is 0.826 bits per heavy atom. The standard InChI is InChI=1S/C18H30N3OP/c1-7-13-19(14-8-2)23(22,20(15-9-3)16-10-4)21(17-11-5)18-12-6/h7-12H,1-6,13-18H2. The fraction of sp³-hybridized carbons (Fsp3) is 0.333. The largest absolute Gasteiger partial charge is 0.288 e. The number of nitrogens with zero attached hydrogens (tertiary/aromatic N) is 3. The molecular weight excluding hydrogens is 305 g/mol. The van der Waals surface area contributed by atoms with Crippen molar-refractivity contribution in [1.29, 1.82) is 0 Å². The Bertz CT molecular complexity index is 376. The molecule has 0 aromatic heterocycles. The van der Waals surface area contributed by atoms with E-state index < -0.39 is 7.59 Å². The average molecular weight is 335 g/mol. The Morgan fingerprint density at radius 2 is 0.696 bits per heavy atom. The summed E-state index contributed by atoms with van der Waals surface area (Å²) in [6.45, 7) is 25.6. The van der Waals surface area contributed by atoms with Crippen molar-refractivity contribution in [3.8, 4) is 0 Å². The molecule has 0 rings (SSSR count). The summed E-state index contributed by atoms with van der Waals surface area (Å²) in [4.78, 5) is 0. The van der Waals surface area contributed by atoms with Crippen LogP contribution in [-0.4, -0.2) is 53.3 Å². The molecule has 0 heterocycles. The lowest BCUT2D eigenvalue weighted by atomic mass is 10.5. The molecule has 0 radical (unpaired) electrons. The zero-order valence-electron chi connectivity index (χ0n) is 14.1. The van der Waals surface area contributed by atoms with E-state index in [1.54, 1.807) is 36.5 Å². The van der Waals surface area contributed by atoms with Gasteiger partial charge in [0, 0.05) is 39.3 Å². The van der Waals surface area contributed by atoms with Crippen LogP contribution in [0.2, 0.25) is 0 Å². The maximum atomic E-state index is 14.1. The predicted molar refractivity (Wildman–Crippen MR) is 104 cm³/mol. The molecule has 0 aliphatic carbocycles. The number of hydrogen-bond donors (Lipinski definition) is 0. The van der Waals surface area contributed by atoms with Crippen molar-refractivity contribution in [3.05, 3.63) is 75.9 Å². The molecule has 0 unspecified atom stereocenters. The van der Waals surface area contributed by atoms with Crippen LogP contribution >= 0.6 is 7.59 Å². The van der Waals surface area contributed by atoms with Crippen LogP contribution in [-0.2, 0) is 4.57 Å². The van der Waals surface area contributed by atoms with Crippen molar-refractivity contribution in [3.63, 3.8) is 0 Å². The van der Waals surface area contributed by atoms with Crippen LogP contribution in [0.3, 0.4) is 0 Å². The third kappa shape index (κ3) is 5.92. The molecule has 0 saturated heterocycles. The van der Waals surface area contributed by atoms with Crippen molar-refractivity contribution in [2.45, 2.75) is 0 Å².